The maximum absolute atomic E-state index is 14.8. The zero-order chi connectivity index (χ0) is 61.8. The van der Waals surface area contributed by atoms with Crippen molar-refractivity contribution in [3.63, 3.8) is 0 Å². The van der Waals surface area contributed by atoms with Crippen LogP contribution in [0.3, 0.4) is 0 Å². The molecule has 0 fully saturated rings. The number of alkyl halides is 6. The van der Waals surface area contributed by atoms with Gasteiger partial charge in [0, 0.05) is 83.9 Å². The van der Waals surface area contributed by atoms with Crippen LogP contribution in [-0.4, -0.2) is 97.1 Å². The molecule has 87 heavy (non-hydrogen) atoms. The van der Waals surface area contributed by atoms with Crippen LogP contribution < -0.4 is 40.9 Å². The van der Waals surface area contributed by atoms with E-state index in [0.29, 0.717) is 64.5 Å². The Morgan fingerprint density at radius 1 is 0.690 bits per heavy atom. The number of alkyl carbamates (subject to hydrolysis) is 1. The Bertz CT molecular complexity index is 4050. The summed E-state index contributed by atoms with van der Waals surface area (Å²) >= 11 is 0. The Morgan fingerprint density at radius 3 is 1.87 bits per heavy atom. The molecular weight excluding hydrogens is 1130 g/mol. The van der Waals surface area contributed by atoms with Crippen LogP contribution in [0.15, 0.2) is 137 Å². The molecule has 8 aromatic rings. The van der Waals surface area contributed by atoms with E-state index < -0.39 is 47.2 Å². The number of hydrogen-bond donors (Lipinski definition) is 4. The van der Waals surface area contributed by atoms with Crippen molar-refractivity contribution in [2.45, 2.75) is 51.6 Å². The Kier molecular flexibility index (Phi) is 16.8. The molecule has 10 rings (SSSR count). The fourth-order valence-corrected chi connectivity index (χ4v) is 9.98. The van der Waals surface area contributed by atoms with Crippen molar-refractivity contribution in [3.05, 3.63) is 150 Å². The molecular formula is C63H57F6N12O6+. The highest BCUT2D eigenvalue weighted by molar-refractivity contribution is 6.05. The summed E-state index contributed by atoms with van der Waals surface area (Å²) in [6.07, 6.45) is -4.85. The number of carbonyl (C=O) groups is 3. The van der Waals surface area contributed by atoms with Crippen molar-refractivity contribution in [1.82, 2.24) is 29.7 Å². The number of fused-ring (bicyclic) bond motifs is 2. The third-order valence-electron chi connectivity index (χ3n) is 14.1. The smallest absolute Gasteiger partial charge is 0.416 e. The van der Waals surface area contributed by atoms with E-state index in [4.69, 9.17) is 34.3 Å². The minimum Gasteiger partial charge on any atom is -0.444 e. The van der Waals surface area contributed by atoms with Gasteiger partial charge in [0.1, 0.15) is 5.60 Å². The van der Waals surface area contributed by atoms with E-state index in [1.165, 1.54) is 52.9 Å². The first kappa shape index (κ1) is 60.0. The third-order valence-corrected chi connectivity index (χ3v) is 14.1. The normalized spacial score (nSPS) is 15.1. The van der Waals surface area contributed by atoms with Gasteiger partial charge in [-0.05, 0) is 106 Å². The molecule has 1 unspecified atom stereocenters. The Balaban J connectivity index is 1.02. The van der Waals surface area contributed by atoms with Crippen molar-refractivity contribution in [3.8, 4) is 68.8 Å². The van der Waals surface area contributed by atoms with E-state index in [1.807, 2.05) is 11.9 Å². The number of ether oxygens (including phenoxy) is 1. The second kappa shape index (κ2) is 24.4. The molecule has 0 radical (unpaired) electrons. The van der Waals surface area contributed by atoms with Crippen LogP contribution in [0.25, 0.3) is 45.2 Å². The molecule has 2 aliphatic rings. The monoisotopic (exact) mass is 1190 g/mol. The van der Waals surface area contributed by atoms with Gasteiger partial charge in [0.15, 0.2) is 35.2 Å². The SMILES string of the molecule is CN1CCCN(C(=O)Nc2cc(C#CCNC(=O)OC(C)(C)C)cc(-c3cnc([N+]4(C)CCCN(C(=O)Nc5cc(C#CCN)cc(-c6cnco6)c5)c5nc(-c6cccc(C(F)(F)F)c6)ccc54)o3)c2)c2nc(-c3cccc(C(F)(F)F)c3)ccc21. The molecule has 24 heteroatoms. The van der Waals surface area contributed by atoms with Gasteiger partial charge in [-0.2, -0.15) is 31.3 Å². The van der Waals surface area contributed by atoms with Crippen LogP contribution in [0.4, 0.5) is 81.1 Å². The number of nitrogens with one attached hydrogen (secondary N) is 3. The first-order chi connectivity index (χ1) is 41.4. The fraction of sp³-hybridized carbons (Fsp3) is 0.254. The Morgan fingerprint density at radius 2 is 1.28 bits per heavy atom. The molecule has 0 saturated carbocycles. The van der Waals surface area contributed by atoms with Crippen molar-refractivity contribution in [2.24, 2.45) is 5.73 Å². The van der Waals surface area contributed by atoms with Gasteiger partial charge in [-0.3, -0.25) is 9.80 Å². The van der Waals surface area contributed by atoms with E-state index in [0.717, 1.165) is 24.3 Å². The summed E-state index contributed by atoms with van der Waals surface area (Å²) in [6, 6.07) is 25.0. The van der Waals surface area contributed by atoms with Gasteiger partial charge in [0.25, 0.3) is 0 Å². The number of aromatic nitrogens is 4. The van der Waals surface area contributed by atoms with E-state index >= 15 is 0 Å². The van der Waals surface area contributed by atoms with Crippen LogP contribution in [0, 0.1) is 23.7 Å². The number of anilines is 5. The second-order valence-corrected chi connectivity index (χ2v) is 21.6. The van der Waals surface area contributed by atoms with Crippen molar-refractivity contribution < 1.29 is 54.3 Å². The van der Waals surface area contributed by atoms with Crippen LogP contribution in [0.2, 0.25) is 0 Å². The fourth-order valence-electron chi connectivity index (χ4n) is 9.98. The van der Waals surface area contributed by atoms with Gasteiger partial charge in [0.2, 0.25) is 0 Å². The summed E-state index contributed by atoms with van der Waals surface area (Å²) in [6.45, 7) is 6.21. The standard InChI is InChI=1S/C63H56F6N12O6/c1-61(2,3)87-60(84)72-23-9-13-40-29-44(35-48(31-40)74-57(82)79-25-10-24-78(4)51-20-18-49(76-55(51)79)41-14-6-16-45(32-41)62(64,65)66)54-37-73-59(86-54)81(5)27-11-26-80(56-52(81)21-19-50(77-56)42-15-7-17-46(33-42)63(67,68)69)58(83)75-47-30-39(12-8-22-70)28-43(34-47)53-36-71-38-85-53/h6-7,14-21,28-38H,10-11,22-27,70H2,1-5H3,(H2-,72,74,75,82,83,84)/p+1. The number of pyridine rings is 2. The summed E-state index contributed by atoms with van der Waals surface area (Å²) in [7, 11) is 3.64. The number of rotatable bonds is 8. The largest absolute Gasteiger partial charge is 0.444 e. The lowest BCUT2D eigenvalue weighted by molar-refractivity contribution is -0.138. The summed E-state index contributed by atoms with van der Waals surface area (Å²) in [5, 5.41) is 8.55. The molecule has 4 aromatic carbocycles. The van der Waals surface area contributed by atoms with Crippen molar-refractivity contribution in [1.29, 1.82) is 0 Å². The lowest BCUT2D eigenvalue weighted by atomic mass is 10.1. The molecule has 4 aromatic heterocycles. The molecule has 0 bridgehead atoms. The predicted octanol–water partition coefficient (Wildman–Crippen LogP) is 12.9. The number of benzene rings is 4. The maximum atomic E-state index is 14.8. The third kappa shape index (κ3) is 13.8. The number of amides is 5. The molecule has 18 nitrogen and oxygen atoms in total. The molecule has 0 spiro atoms. The molecule has 2 aliphatic heterocycles. The molecule has 1 atom stereocenters. The number of urea groups is 2. The number of nitrogens with zero attached hydrogens (tertiary/aromatic N) is 8. The molecule has 446 valence electrons. The predicted molar refractivity (Wildman–Crippen MR) is 318 cm³/mol. The van der Waals surface area contributed by atoms with E-state index in [1.54, 1.807) is 88.5 Å². The number of quaternary nitrogens is 1. The second-order valence-electron chi connectivity index (χ2n) is 21.6. The number of carbonyl (C=O) groups excluding carboxylic acids is 3. The van der Waals surface area contributed by atoms with Crippen LogP contribution in [0.1, 0.15) is 55.9 Å². The lowest BCUT2D eigenvalue weighted by Gasteiger charge is -2.29. The first-order valence-electron chi connectivity index (χ1n) is 27.3. The Labute approximate surface area is 496 Å². The van der Waals surface area contributed by atoms with E-state index in [9.17, 15) is 40.7 Å². The van der Waals surface area contributed by atoms with Crippen LogP contribution >= 0.6 is 0 Å². The zero-order valence-corrected chi connectivity index (χ0v) is 47.7. The zero-order valence-electron chi connectivity index (χ0n) is 47.7. The first-order valence-corrected chi connectivity index (χ1v) is 27.3. The number of halogens is 6. The van der Waals surface area contributed by atoms with Gasteiger partial charge >= 0.3 is 36.5 Å². The van der Waals surface area contributed by atoms with E-state index in [-0.39, 0.29) is 88.8 Å². The number of hydrogen-bond acceptors (Lipinski definition) is 12. The van der Waals surface area contributed by atoms with Gasteiger partial charge in [-0.25, -0.2) is 33.8 Å². The molecule has 6 heterocycles. The van der Waals surface area contributed by atoms with Gasteiger partial charge in [-0.1, -0.05) is 47.9 Å². The van der Waals surface area contributed by atoms with Gasteiger partial charge in [-0.15, -0.1) is 0 Å². The van der Waals surface area contributed by atoms with Crippen molar-refractivity contribution in [2.75, 3.05) is 78.7 Å². The average Bonchev–Trinajstić information content (AvgIpc) is 1.84. The van der Waals surface area contributed by atoms with Crippen LogP contribution in [0.5, 0.6) is 0 Å². The van der Waals surface area contributed by atoms with E-state index in [2.05, 4.69) is 44.6 Å². The highest BCUT2D eigenvalue weighted by Gasteiger charge is 2.42. The minimum atomic E-state index is -4.66. The van der Waals surface area contributed by atoms with Gasteiger partial charge < -0.3 is 40.2 Å². The van der Waals surface area contributed by atoms with Crippen molar-refractivity contribution >= 4 is 58.6 Å². The summed E-state index contributed by atoms with van der Waals surface area (Å²) in [5.41, 5.74) is 7.25. The highest BCUT2D eigenvalue weighted by Crippen LogP contribution is 2.45. The number of oxazole rings is 2. The van der Waals surface area contributed by atoms with Gasteiger partial charge in [0.05, 0.1) is 67.3 Å². The molecule has 0 saturated heterocycles. The lowest BCUT2D eigenvalue weighted by Crippen LogP contribution is -2.40. The summed E-state index contributed by atoms with van der Waals surface area (Å²) in [4.78, 5) is 65.2. The number of nitrogens with two attached hydrogens (primary N) is 1. The quantitative estimate of drug-likeness (QED) is 0.0636. The highest BCUT2D eigenvalue weighted by atomic mass is 19.4. The molecule has 0 aliphatic carbocycles. The van der Waals surface area contributed by atoms with Crippen LogP contribution in [-0.2, 0) is 17.1 Å². The Hall–Kier alpha value is -10.2. The maximum Gasteiger partial charge on any atom is 0.416 e. The minimum absolute atomic E-state index is 0.0754. The summed E-state index contributed by atoms with van der Waals surface area (Å²) in [5.74, 6) is 12.7. The average molecular weight is 1190 g/mol. The molecule has 5 N–H and O–H groups in total. The summed E-state index contributed by atoms with van der Waals surface area (Å²) < 4.78 is 101. The molecule has 5 amide bonds. The topological polar surface area (TPSA) is 210 Å².